The molecule has 1 aromatic heterocycles. The van der Waals surface area contributed by atoms with Gasteiger partial charge in [-0.1, -0.05) is 66.7 Å². The van der Waals surface area contributed by atoms with Crippen LogP contribution in [0.2, 0.25) is 0 Å². The molecule has 0 bridgehead atoms. The second-order valence-electron chi connectivity index (χ2n) is 9.80. The van der Waals surface area contributed by atoms with Crippen molar-refractivity contribution in [3.63, 3.8) is 0 Å². The van der Waals surface area contributed by atoms with E-state index in [1.165, 1.54) is 0 Å². The Morgan fingerprint density at radius 3 is 2.31 bits per heavy atom. The first kappa shape index (κ1) is 25.9. The lowest BCUT2D eigenvalue weighted by atomic mass is 9.83. The van der Waals surface area contributed by atoms with Crippen LogP contribution >= 0.6 is 0 Å². The summed E-state index contributed by atoms with van der Waals surface area (Å²) in [4.78, 5) is 10.6. The first-order chi connectivity index (χ1) is 19.0. The smallest absolute Gasteiger partial charge is 0.174 e. The van der Waals surface area contributed by atoms with Gasteiger partial charge in [-0.2, -0.15) is 0 Å². The molecule has 0 amide bonds. The van der Waals surface area contributed by atoms with Gasteiger partial charge in [-0.25, -0.2) is 4.79 Å². The van der Waals surface area contributed by atoms with Gasteiger partial charge in [0.15, 0.2) is 23.7 Å². The molecule has 1 atom stereocenters. The molecular weight excluding hydrogens is 486 g/mol. The molecule has 5 heteroatoms. The second kappa shape index (κ2) is 11.3. The van der Waals surface area contributed by atoms with Gasteiger partial charge in [-0.15, -0.1) is 0 Å². The molecule has 196 valence electrons. The monoisotopic (exact) mass is 517 g/mol. The summed E-state index contributed by atoms with van der Waals surface area (Å²) in [6.45, 7) is 6.67. The summed E-state index contributed by atoms with van der Waals surface area (Å²) in [7, 11) is 0. The third-order valence-electron chi connectivity index (χ3n) is 6.85. The zero-order chi connectivity index (χ0) is 27.2. The number of ether oxygens (including phenoxy) is 3. The number of fused-ring (bicyclic) bond motifs is 1. The minimum Gasteiger partial charge on any atom is -0.487 e. The van der Waals surface area contributed by atoms with Gasteiger partial charge >= 0.3 is 0 Å². The average molecular weight is 518 g/mol. The second-order valence-corrected chi connectivity index (χ2v) is 9.80. The van der Waals surface area contributed by atoms with E-state index >= 15 is 0 Å². The Bertz CT molecular complexity index is 1600. The maximum Gasteiger partial charge on any atom is 0.174 e. The molecule has 4 aromatic carbocycles. The summed E-state index contributed by atoms with van der Waals surface area (Å²) < 4.78 is 20.1. The SMILES string of the molecule is CC(C)Oc1cc(C(C)(c2ccc(OC=C=O)cc2)n2ccc3ccccc32)ccc1OCc1ccccc1. The summed E-state index contributed by atoms with van der Waals surface area (Å²) in [5.41, 5.74) is 3.68. The Balaban J connectivity index is 1.62. The van der Waals surface area contributed by atoms with Crippen molar-refractivity contribution in [2.24, 2.45) is 0 Å². The molecule has 0 spiro atoms. The van der Waals surface area contributed by atoms with E-state index in [0.29, 0.717) is 23.9 Å². The molecule has 0 aliphatic rings. The number of hydrogen-bond donors (Lipinski definition) is 0. The first-order valence-electron chi connectivity index (χ1n) is 13.0. The number of para-hydroxylation sites is 1. The summed E-state index contributed by atoms with van der Waals surface area (Å²) in [5.74, 6) is 3.60. The molecule has 1 heterocycles. The minimum absolute atomic E-state index is 0.0275. The Labute approximate surface area is 228 Å². The van der Waals surface area contributed by atoms with Gasteiger partial charge in [0, 0.05) is 11.7 Å². The molecule has 39 heavy (non-hydrogen) atoms. The van der Waals surface area contributed by atoms with Crippen LogP contribution in [0.1, 0.15) is 37.5 Å². The van der Waals surface area contributed by atoms with E-state index in [1.807, 2.05) is 80.6 Å². The van der Waals surface area contributed by atoms with Crippen molar-refractivity contribution >= 4 is 16.8 Å². The third-order valence-corrected chi connectivity index (χ3v) is 6.85. The van der Waals surface area contributed by atoms with E-state index in [-0.39, 0.29) is 6.10 Å². The van der Waals surface area contributed by atoms with Gasteiger partial charge in [0.1, 0.15) is 12.4 Å². The normalized spacial score (nSPS) is 12.5. The lowest BCUT2D eigenvalue weighted by Gasteiger charge is -2.34. The maximum absolute atomic E-state index is 10.6. The molecule has 0 radical (unpaired) electrons. The Morgan fingerprint density at radius 1 is 0.846 bits per heavy atom. The number of rotatable bonds is 10. The van der Waals surface area contributed by atoms with Gasteiger partial charge in [0.2, 0.25) is 0 Å². The highest BCUT2D eigenvalue weighted by Crippen LogP contribution is 2.41. The van der Waals surface area contributed by atoms with Crippen LogP contribution in [0.4, 0.5) is 0 Å². The predicted octanol–water partition coefficient (Wildman–Crippen LogP) is 7.54. The largest absolute Gasteiger partial charge is 0.487 e. The highest BCUT2D eigenvalue weighted by Gasteiger charge is 2.33. The van der Waals surface area contributed by atoms with Crippen molar-refractivity contribution in [2.75, 3.05) is 0 Å². The summed E-state index contributed by atoms with van der Waals surface area (Å²) in [5, 5.41) is 1.15. The molecular formula is C34H31NO4. The number of carbonyl (C=O) groups excluding carboxylic acids is 1. The van der Waals surface area contributed by atoms with Crippen LogP contribution in [-0.2, 0) is 16.9 Å². The summed E-state index contributed by atoms with van der Waals surface area (Å²) >= 11 is 0. The van der Waals surface area contributed by atoms with Crippen LogP contribution in [0.25, 0.3) is 10.9 Å². The Hall–Kier alpha value is -4.73. The molecule has 5 aromatic rings. The molecule has 0 aliphatic heterocycles. The Morgan fingerprint density at radius 2 is 1.56 bits per heavy atom. The molecule has 0 saturated heterocycles. The van der Waals surface area contributed by atoms with E-state index in [0.717, 1.165) is 33.9 Å². The van der Waals surface area contributed by atoms with Crippen LogP contribution < -0.4 is 14.2 Å². The zero-order valence-electron chi connectivity index (χ0n) is 22.3. The fourth-order valence-corrected chi connectivity index (χ4v) is 4.88. The van der Waals surface area contributed by atoms with Crippen molar-refractivity contribution < 1.29 is 19.0 Å². The topological polar surface area (TPSA) is 49.7 Å². The van der Waals surface area contributed by atoms with Crippen molar-refractivity contribution in [1.82, 2.24) is 4.57 Å². The fourth-order valence-electron chi connectivity index (χ4n) is 4.88. The first-order valence-corrected chi connectivity index (χ1v) is 13.0. The van der Waals surface area contributed by atoms with Crippen LogP contribution in [0, 0.1) is 0 Å². The van der Waals surface area contributed by atoms with E-state index in [2.05, 4.69) is 54.1 Å². The number of benzene rings is 4. The fraction of sp³-hybridized carbons (Fsp3) is 0.176. The molecule has 0 fully saturated rings. The number of aromatic nitrogens is 1. The van der Waals surface area contributed by atoms with Crippen LogP contribution in [0.15, 0.2) is 116 Å². The van der Waals surface area contributed by atoms with Crippen molar-refractivity contribution in [3.8, 4) is 17.2 Å². The van der Waals surface area contributed by atoms with E-state index < -0.39 is 5.54 Å². The van der Waals surface area contributed by atoms with E-state index in [1.54, 1.807) is 5.94 Å². The van der Waals surface area contributed by atoms with Gasteiger partial charge in [-0.3, -0.25) is 0 Å². The maximum atomic E-state index is 10.6. The lowest BCUT2D eigenvalue weighted by Crippen LogP contribution is -2.32. The third kappa shape index (κ3) is 5.45. The van der Waals surface area contributed by atoms with Crippen molar-refractivity contribution in [1.29, 1.82) is 0 Å². The van der Waals surface area contributed by atoms with Gasteiger partial charge in [0.25, 0.3) is 0 Å². The number of nitrogens with zero attached hydrogens (tertiary/aromatic N) is 1. The molecule has 0 N–H and O–H groups in total. The van der Waals surface area contributed by atoms with Gasteiger partial charge in [-0.05, 0) is 79.2 Å². The standard InChI is InChI=1S/C34H31NO4/c1-25(2)39-33-23-29(15-18-32(33)38-24-26-9-5-4-6-10-26)34(3,28-13-16-30(17-14-28)37-22-21-36)35-20-19-27-11-7-8-12-31(27)35/h4-20,22-23,25H,24H2,1-3H3. The highest BCUT2D eigenvalue weighted by molar-refractivity contribution is 5.81. The minimum atomic E-state index is -0.602. The molecule has 1 unspecified atom stereocenters. The van der Waals surface area contributed by atoms with Crippen LogP contribution in [0.3, 0.4) is 0 Å². The van der Waals surface area contributed by atoms with Gasteiger partial charge < -0.3 is 18.8 Å². The molecule has 5 rings (SSSR count). The molecule has 5 nitrogen and oxygen atoms in total. The quantitative estimate of drug-likeness (QED) is 0.142. The van der Waals surface area contributed by atoms with Crippen LogP contribution in [-0.4, -0.2) is 16.6 Å². The molecule has 0 aliphatic carbocycles. The number of hydrogen-bond acceptors (Lipinski definition) is 4. The van der Waals surface area contributed by atoms with Crippen molar-refractivity contribution in [3.05, 3.63) is 132 Å². The summed E-state index contributed by atoms with van der Waals surface area (Å²) in [6.07, 6.45) is 3.10. The van der Waals surface area contributed by atoms with Crippen molar-refractivity contribution in [2.45, 2.75) is 39.0 Å². The van der Waals surface area contributed by atoms with E-state index in [9.17, 15) is 4.79 Å². The Kier molecular flexibility index (Phi) is 7.53. The van der Waals surface area contributed by atoms with E-state index in [4.69, 9.17) is 14.2 Å². The predicted molar refractivity (Wildman–Crippen MR) is 154 cm³/mol. The highest BCUT2D eigenvalue weighted by atomic mass is 16.5. The van der Waals surface area contributed by atoms with Crippen LogP contribution in [0.5, 0.6) is 17.2 Å². The van der Waals surface area contributed by atoms with Gasteiger partial charge in [0.05, 0.1) is 11.6 Å². The molecule has 0 saturated carbocycles. The average Bonchev–Trinajstić information content (AvgIpc) is 3.40. The summed E-state index contributed by atoms with van der Waals surface area (Å²) in [6, 6.07) is 34.5. The lowest BCUT2D eigenvalue weighted by molar-refractivity contribution is 0.217. The zero-order valence-corrected chi connectivity index (χ0v) is 22.3.